The molecule has 22 heavy (non-hydrogen) atoms. The van der Waals surface area contributed by atoms with Crippen LogP contribution in [-0.4, -0.2) is 36.3 Å². The third-order valence-electron chi connectivity index (χ3n) is 4.35. The molecule has 1 aromatic carbocycles. The molecular formula is C18H26N2O2. The maximum absolute atomic E-state index is 12.4. The van der Waals surface area contributed by atoms with Crippen molar-refractivity contribution in [3.63, 3.8) is 0 Å². The molecule has 1 aliphatic rings. The van der Waals surface area contributed by atoms with Crippen molar-refractivity contribution < 1.29 is 9.59 Å². The Kier molecular flexibility index (Phi) is 5.58. The van der Waals surface area contributed by atoms with Gasteiger partial charge >= 0.3 is 0 Å². The lowest BCUT2D eigenvalue weighted by molar-refractivity contribution is -0.132. The standard InChI is InChI=1S/C18H26N2O2/c1-14-7-6-11-19(13-14)18(22)10-12-20(16(3)21)17-9-5-4-8-15(17)2/h4-5,8-9,14H,6-7,10-13H2,1-3H3. The number of likely N-dealkylation sites (tertiary alicyclic amines) is 1. The fourth-order valence-corrected chi connectivity index (χ4v) is 3.10. The highest BCUT2D eigenvalue weighted by Gasteiger charge is 2.22. The van der Waals surface area contributed by atoms with E-state index in [1.54, 1.807) is 11.8 Å². The van der Waals surface area contributed by atoms with Crippen molar-refractivity contribution in [3.8, 4) is 0 Å². The lowest BCUT2D eigenvalue weighted by Gasteiger charge is -2.32. The highest BCUT2D eigenvalue weighted by atomic mass is 16.2. The third kappa shape index (κ3) is 4.09. The normalized spacial score (nSPS) is 18.1. The van der Waals surface area contributed by atoms with Crippen LogP contribution in [0.1, 0.15) is 38.7 Å². The lowest BCUT2D eigenvalue weighted by Crippen LogP contribution is -2.41. The molecule has 1 saturated heterocycles. The van der Waals surface area contributed by atoms with E-state index in [1.807, 2.05) is 36.1 Å². The summed E-state index contributed by atoms with van der Waals surface area (Å²) in [6.45, 7) is 7.88. The fourth-order valence-electron chi connectivity index (χ4n) is 3.10. The van der Waals surface area contributed by atoms with Crippen LogP contribution in [0.2, 0.25) is 0 Å². The van der Waals surface area contributed by atoms with Crippen molar-refractivity contribution in [2.45, 2.75) is 40.0 Å². The zero-order valence-electron chi connectivity index (χ0n) is 13.8. The van der Waals surface area contributed by atoms with Crippen LogP contribution in [0.5, 0.6) is 0 Å². The van der Waals surface area contributed by atoms with Gasteiger partial charge in [0, 0.05) is 38.7 Å². The summed E-state index contributed by atoms with van der Waals surface area (Å²) < 4.78 is 0. The maximum Gasteiger partial charge on any atom is 0.224 e. The smallest absolute Gasteiger partial charge is 0.224 e. The van der Waals surface area contributed by atoms with Crippen LogP contribution < -0.4 is 4.90 Å². The van der Waals surface area contributed by atoms with Crippen LogP contribution >= 0.6 is 0 Å². The first kappa shape index (κ1) is 16.5. The molecule has 1 fully saturated rings. The van der Waals surface area contributed by atoms with Gasteiger partial charge in [0.1, 0.15) is 0 Å². The minimum absolute atomic E-state index is 0.0193. The molecule has 1 unspecified atom stereocenters. The molecule has 0 N–H and O–H groups in total. The molecule has 4 nitrogen and oxygen atoms in total. The summed E-state index contributed by atoms with van der Waals surface area (Å²) in [4.78, 5) is 28.0. The molecule has 0 radical (unpaired) electrons. The molecule has 1 atom stereocenters. The number of anilines is 1. The summed E-state index contributed by atoms with van der Waals surface area (Å²) in [6.07, 6.45) is 2.67. The van der Waals surface area contributed by atoms with E-state index in [9.17, 15) is 9.59 Å². The second-order valence-corrected chi connectivity index (χ2v) is 6.29. The Labute approximate surface area is 133 Å². The largest absolute Gasteiger partial charge is 0.342 e. The Morgan fingerprint density at radius 3 is 2.68 bits per heavy atom. The number of nitrogens with zero attached hydrogens (tertiary/aromatic N) is 2. The van der Waals surface area contributed by atoms with Gasteiger partial charge in [-0.05, 0) is 37.3 Å². The van der Waals surface area contributed by atoms with Gasteiger partial charge in [0.2, 0.25) is 11.8 Å². The van der Waals surface area contributed by atoms with E-state index in [-0.39, 0.29) is 11.8 Å². The van der Waals surface area contributed by atoms with E-state index in [0.29, 0.717) is 18.9 Å². The summed E-state index contributed by atoms with van der Waals surface area (Å²) in [6, 6.07) is 7.80. The topological polar surface area (TPSA) is 40.6 Å². The van der Waals surface area contributed by atoms with E-state index >= 15 is 0 Å². The first-order valence-corrected chi connectivity index (χ1v) is 8.10. The quantitative estimate of drug-likeness (QED) is 0.858. The van der Waals surface area contributed by atoms with E-state index in [2.05, 4.69) is 6.92 Å². The molecule has 2 amide bonds. The van der Waals surface area contributed by atoms with Gasteiger partial charge in [-0.1, -0.05) is 25.1 Å². The first-order valence-electron chi connectivity index (χ1n) is 8.10. The molecule has 0 bridgehead atoms. The van der Waals surface area contributed by atoms with Gasteiger partial charge in [0.15, 0.2) is 0 Å². The van der Waals surface area contributed by atoms with Gasteiger partial charge in [-0.25, -0.2) is 0 Å². The van der Waals surface area contributed by atoms with E-state index in [1.165, 1.54) is 6.42 Å². The Morgan fingerprint density at radius 2 is 2.05 bits per heavy atom. The van der Waals surface area contributed by atoms with Crippen molar-refractivity contribution in [3.05, 3.63) is 29.8 Å². The van der Waals surface area contributed by atoms with Crippen LogP contribution in [0.15, 0.2) is 24.3 Å². The molecule has 0 aliphatic carbocycles. The van der Waals surface area contributed by atoms with Crippen molar-refractivity contribution in [1.29, 1.82) is 0 Å². The molecule has 2 rings (SSSR count). The summed E-state index contributed by atoms with van der Waals surface area (Å²) in [5, 5.41) is 0. The molecule has 0 aromatic heterocycles. The fraction of sp³-hybridized carbons (Fsp3) is 0.556. The average molecular weight is 302 g/mol. The Bertz CT molecular complexity index is 542. The van der Waals surface area contributed by atoms with Gasteiger partial charge in [0.05, 0.1) is 0 Å². The second-order valence-electron chi connectivity index (χ2n) is 6.29. The second kappa shape index (κ2) is 7.43. The average Bonchev–Trinajstić information content (AvgIpc) is 2.48. The minimum Gasteiger partial charge on any atom is -0.342 e. The number of aryl methyl sites for hydroxylation is 1. The van der Waals surface area contributed by atoms with Crippen LogP contribution in [0, 0.1) is 12.8 Å². The highest BCUT2D eigenvalue weighted by Crippen LogP contribution is 2.21. The van der Waals surface area contributed by atoms with Crippen molar-refractivity contribution in [2.24, 2.45) is 5.92 Å². The third-order valence-corrected chi connectivity index (χ3v) is 4.35. The molecule has 1 heterocycles. The van der Waals surface area contributed by atoms with Crippen LogP contribution in [0.4, 0.5) is 5.69 Å². The zero-order chi connectivity index (χ0) is 16.1. The van der Waals surface area contributed by atoms with E-state index < -0.39 is 0 Å². The monoisotopic (exact) mass is 302 g/mol. The Balaban J connectivity index is 1.99. The minimum atomic E-state index is -0.0193. The van der Waals surface area contributed by atoms with Gasteiger partial charge < -0.3 is 9.80 Å². The lowest BCUT2D eigenvalue weighted by atomic mass is 10.00. The molecule has 0 spiro atoms. The van der Waals surface area contributed by atoms with Crippen LogP contribution in [0.3, 0.4) is 0 Å². The molecular weight excluding hydrogens is 276 g/mol. The zero-order valence-corrected chi connectivity index (χ0v) is 13.8. The summed E-state index contributed by atoms with van der Waals surface area (Å²) in [5.41, 5.74) is 1.95. The first-order chi connectivity index (χ1) is 10.5. The number of amides is 2. The van der Waals surface area contributed by atoms with Crippen molar-refractivity contribution in [1.82, 2.24) is 4.90 Å². The number of carbonyl (C=O) groups excluding carboxylic acids is 2. The van der Waals surface area contributed by atoms with Crippen LogP contribution in [-0.2, 0) is 9.59 Å². The van der Waals surface area contributed by atoms with Crippen molar-refractivity contribution >= 4 is 17.5 Å². The number of hydrogen-bond acceptors (Lipinski definition) is 2. The predicted octanol–water partition coefficient (Wildman–Crippen LogP) is 3.00. The number of para-hydroxylation sites is 1. The summed E-state index contributed by atoms with van der Waals surface area (Å²) >= 11 is 0. The van der Waals surface area contributed by atoms with Crippen LogP contribution in [0.25, 0.3) is 0 Å². The summed E-state index contributed by atoms with van der Waals surface area (Å²) in [7, 11) is 0. The number of hydrogen-bond donors (Lipinski definition) is 0. The van der Waals surface area contributed by atoms with E-state index in [0.717, 1.165) is 30.8 Å². The predicted molar refractivity (Wildman–Crippen MR) is 88.8 cm³/mol. The SMILES string of the molecule is CC(=O)N(CCC(=O)N1CCCC(C)C1)c1ccccc1C. The van der Waals surface area contributed by atoms with Gasteiger partial charge in [-0.3, -0.25) is 9.59 Å². The number of piperidine rings is 1. The molecule has 0 saturated carbocycles. The molecule has 120 valence electrons. The van der Waals surface area contributed by atoms with Gasteiger partial charge in [-0.15, -0.1) is 0 Å². The molecule has 1 aliphatic heterocycles. The maximum atomic E-state index is 12.4. The Hall–Kier alpha value is -1.84. The van der Waals surface area contributed by atoms with Crippen molar-refractivity contribution in [2.75, 3.05) is 24.5 Å². The van der Waals surface area contributed by atoms with Gasteiger partial charge in [-0.2, -0.15) is 0 Å². The molecule has 4 heteroatoms. The van der Waals surface area contributed by atoms with Gasteiger partial charge in [0.25, 0.3) is 0 Å². The summed E-state index contributed by atoms with van der Waals surface area (Å²) in [5.74, 6) is 0.721. The molecule has 1 aromatic rings. The highest BCUT2D eigenvalue weighted by molar-refractivity contribution is 5.93. The number of rotatable bonds is 4. The van der Waals surface area contributed by atoms with E-state index in [4.69, 9.17) is 0 Å². The number of carbonyl (C=O) groups is 2. The number of benzene rings is 1. The Morgan fingerprint density at radius 1 is 1.32 bits per heavy atom.